The standard InChI is InChI=1S/C38H31ClN6O5S/c1-20-25-17-21(39)13-14-30(25)51-33(20)27-19-31(41(3)40-27)44-34(47)26-18-28-23(32(38(26,2)35(44)48)24-11-7-8-12-29(24)46)15-16-42-36(49)43(37(50)45(28)42)22-9-5-4-6-10-22/h4-15,17,19,26,28,32,46H,16,18H2,1-3H3. The lowest BCUT2D eigenvalue weighted by atomic mass is 9.56. The van der Waals surface area contributed by atoms with Crippen LogP contribution in [-0.4, -0.2) is 40.6 Å². The van der Waals surface area contributed by atoms with Crippen molar-refractivity contribution >= 4 is 50.7 Å². The molecule has 3 aliphatic rings. The molecule has 6 aromatic rings. The number of hydrogen-bond donors (Lipinski definition) is 1. The lowest BCUT2D eigenvalue weighted by Gasteiger charge is -2.47. The van der Waals surface area contributed by atoms with E-state index < -0.39 is 46.5 Å². The van der Waals surface area contributed by atoms with Crippen molar-refractivity contribution in [3.8, 4) is 22.0 Å². The first kappa shape index (κ1) is 31.5. The summed E-state index contributed by atoms with van der Waals surface area (Å²) in [5.41, 5.74) is 0.865. The number of carbonyl (C=O) groups excluding carboxylic acids is 2. The number of thiophene rings is 1. The van der Waals surface area contributed by atoms with Crippen LogP contribution < -0.4 is 16.3 Å². The first-order valence-electron chi connectivity index (χ1n) is 16.6. The zero-order valence-electron chi connectivity index (χ0n) is 27.8. The van der Waals surface area contributed by atoms with E-state index in [4.69, 9.17) is 16.7 Å². The molecule has 0 spiro atoms. The Balaban J connectivity index is 1.19. The Labute approximate surface area is 299 Å². The van der Waals surface area contributed by atoms with E-state index in [1.54, 1.807) is 90.7 Å². The number of phenolic OH excluding ortho intramolecular Hbond substituents is 1. The molecule has 1 saturated heterocycles. The van der Waals surface area contributed by atoms with Gasteiger partial charge in [-0.05, 0) is 73.2 Å². The number of phenols is 1. The van der Waals surface area contributed by atoms with Crippen molar-refractivity contribution in [1.29, 1.82) is 0 Å². The maximum Gasteiger partial charge on any atom is 0.352 e. The molecule has 3 aromatic heterocycles. The number of hydrogen-bond acceptors (Lipinski definition) is 7. The Morgan fingerprint density at radius 1 is 0.961 bits per heavy atom. The number of aromatic nitrogens is 5. The summed E-state index contributed by atoms with van der Waals surface area (Å²) in [6.45, 7) is 3.86. The molecule has 256 valence electrons. The van der Waals surface area contributed by atoms with Gasteiger partial charge in [-0.15, -0.1) is 11.3 Å². The first-order chi connectivity index (χ1) is 24.5. The van der Waals surface area contributed by atoms with Gasteiger partial charge in [0.15, 0.2) is 0 Å². The van der Waals surface area contributed by atoms with Crippen molar-refractivity contribution in [2.45, 2.75) is 38.8 Å². The van der Waals surface area contributed by atoms with Gasteiger partial charge in [0.2, 0.25) is 11.8 Å². The Morgan fingerprint density at radius 2 is 1.71 bits per heavy atom. The van der Waals surface area contributed by atoms with Crippen molar-refractivity contribution in [3.63, 3.8) is 0 Å². The fourth-order valence-electron chi connectivity index (χ4n) is 8.58. The van der Waals surface area contributed by atoms with Gasteiger partial charge in [-0.2, -0.15) is 5.10 Å². The van der Waals surface area contributed by atoms with Crippen molar-refractivity contribution < 1.29 is 14.7 Å². The highest BCUT2D eigenvalue weighted by Gasteiger charge is 2.66. The van der Waals surface area contributed by atoms with E-state index in [9.17, 15) is 24.3 Å². The molecular weight excluding hydrogens is 688 g/mol. The Kier molecular flexibility index (Phi) is 6.81. The molecule has 1 saturated carbocycles. The molecule has 13 heteroatoms. The van der Waals surface area contributed by atoms with Crippen LogP contribution in [0.4, 0.5) is 5.82 Å². The SMILES string of the molecule is Cc1c(-c2cc(N3C(=O)C4CC5C(=CCn6c(=O)n(-c7ccccc7)c(=O)n65)C(c5ccccc5O)C4(C)C3=O)n(C)n2)sc2ccc(Cl)cc12. The zero-order chi connectivity index (χ0) is 35.5. The van der Waals surface area contributed by atoms with Crippen LogP contribution in [0.15, 0.2) is 100 Å². The third-order valence-corrected chi connectivity index (χ3v) is 12.5. The number of benzene rings is 3. The Morgan fingerprint density at radius 3 is 2.47 bits per heavy atom. The number of allylic oxidation sites excluding steroid dienone is 2. The molecule has 1 aliphatic carbocycles. The molecule has 3 aromatic carbocycles. The molecule has 0 radical (unpaired) electrons. The van der Waals surface area contributed by atoms with Gasteiger partial charge in [0.1, 0.15) is 17.3 Å². The number of para-hydroxylation sites is 2. The van der Waals surface area contributed by atoms with E-state index in [2.05, 4.69) is 0 Å². The quantitative estimate of drug-likeness (QED) is 0.178. The molecule has 4 unspecified atom stereocenters. The van der Waals surface area contributed by atoms with Crippen molar-refractivity contribution in [3.05, 3.63) is 128 Å². The summed E-state index contributed by atoms with van der Waals surface area (Å²) >= 11 is 7.86. The van der Waals surface area contributed by atoms with E-state index in [0.717, 1.165) is 25.1 Å². The van der Waals surface area contributed by atoms with Crippen LogP contribution in [0.3, 0.4) is 0 Å². The zero-order valence-corrected chi connectivity index (χ0v) is 29.4. The van der Waals surface area contributed by atoms with Gasteiger partial charge in [0, 0.05) is 34.3 Å². The maximum atomic E-state index is 15.0. The second-order valence-electron chi connectivity index (χ2n) is 13.6. The van der Waals surface area contributed by atoms with Crippen LogP contribution in [0.5, 0.6) is 5.75 Å². The smallest absolute Gasteiger partial charge is 0.352 e. The average Bonchev–Trinajstić information content (AvgIpc) is 3.79. The number of nitrogens with zero attached hydrogens (tertiary/aromatic N) is 6. The number of carbonyl (C=O) groups is 2. The van der Waals surface area contributed by atoms with E-state index in [1.807, 2.05) is 31.2 Å². The second-order valence-corrected chi connectivity index (χ2v) is 15.1. The third-order valence-electron chi connectivity index (χ3n) is 11.0. The minimum Gasteiger partial charge on any atom is -0.508 e. The lowest BCUT2D eigenvalue weighted by molar-refractivity contribution is -0.129. The van der Waals surface area contributed by atoms with Crippen molar-refractivity contribution in [1.82, 2.24) is 23.7 Å². The van der Waals surface area contributed by atoms with Gasteiger partial charge in [0.05, 0.1) is 34.5 Å². The summed E-state index contributed by atoms with van der Waals surface area (Å²) in [5.74, 6) is -2.21. The number of amides is 2. The number of aromatic hydroxyl groups is 1. The molecule has 5 heterocycles. The highest BCUT2D eigenvalue weighted by Crippen LogP contribution is 2.62. The van der Waals surface area contributed by atoms with Crippen LogP contribution >= 0.6 is 22.9 Å². The number of anilines is 1. The Hall–Kier alpha value is -5.46. The van der Waals surface area contributed by atoms with Crippen LogP contribution in [0.1, 0.15) is 36.4 Å². The molecule has 2 fully saturated rings. The summed E-state index contributed by atoms with van der Waals surface area (Å²) in [7, 11) is 1.70. The van der Waals surface area contributed by atoms with Crippen LogP contribution in [0.2, 0.25) is 5.02 Å². The third kappa shape index (κ3) is 4.26. The molecule has 9 rings (SSSR count). The van der Waals surface area contributed by atoms with Crippen LogP contribution in [0.25, 0.3) is 26.3 Å². The molecule has 2 amide bonds. The van der Waals surface area contributed by atoms with Gasteiger partial charge in [-0.1, -0.05) is 54.1 Å². The van der Waals surface area contributed by atoms with Gasteiger partial charge in [-0.25, -0.2) is 28.4 Å². The monoisotopic (exact) mass is 718 g/mol. The van der Waals surface area contributed by atoms with Crippen molar-refractivity contribution in [2.75, 3.05) is 4.90 Å². The largest absolute Gasteiger partial charge is 0.508 e. The normalized spacial score (nSPS) is 22.6. The van der Waals surface area contributed by atoms with Gasteiger partial charge in [-0.3, -0.25) is 14.3 Å². The lowest BCUT2D eigenvalue weighted by Crippen LogP contribution is -2.49. The minimum atomic E-state index is -1.33. The minimum absolute atomic E-state index is 0.0250. The molecular formula is C38H31ClN6O5S. The van der Waals surface area contributed by atoms with Crippen molar-refractivity contribution in [2.24, 2.45) is 18.4 Å². The van der Waals surface area contributed by atoms with Crippen LogP contribution in [0, 0.1) is 18.3 Å². The highest BCUT2D eigenvalue weighted by molar-refractivity contribution is 7.22. The summed E-state index contributed by atoms with van der Waals surface area (Å²) in [5, 5.41) is 17.7. The number of rotatable bonds is 4. The van der Waals surface area contributed by atoms with Gasteiger partial charge < -0.3 is 5.11 Å². The van der Waals surface area contributed by atoms with Gasteiger partial charge >= 0.3 is 11.4 Å². The van der Waals surface area contributed by atoms with E-state index in [1.165, 1.54) is 14.3 Å². The summed E-state index contributed by atoms with van der Waals surface area (Å²) in [4.78, 5) is 59.7. The second kappa shape index (κ2) is 11.0. The molecule has 11 nitrogen and oxygen atoms in total. The molecule has 4 atom stereocenters. The molecule has 1 N–H and O–H groups in total. The van der Waals surface area contributed by atoms with Crippen LogP contribution in [-0.2, 0) is 23.2 Å². The summed E-state index contributed by atoms with van der Waals surface area (Å²) in [6.07, 6.45) is 1.98. The molecule has 2 aliphatic heterocycles. The first-order valence-corrected chi connectivity index (χ1v) is 17.8. The fraction of sp³-hybridized carbons (Fsp3) is 0.237. The molecule has 0 bridgehead atoms. The average molecular weight is 719 g/mol. The predicted octanol–water partition coefficient (Wildman–Crippen LogP) is 5.95. The topological polar surface area (TPSA) is 124 Å². The number of halogens is 1. The number of imide groups is 1. The fourth-order valence-corrected chi connectivity index (χ4v) is 9.90. The summed E-state index contributed by atoms with van der Waals surface area (Å²) in [6, 6.07) is 22.3. The summed E-state index contributed by atoms with van der Waals surface area (Å²) < 4.78 is 6.54. The van der Waals surface area contributed by atoms with E-state index in [-0.39, 0.29) is 18.7 Å². The number of aryl methyl sites for hydroxylation is 2. The Bertz CT molecular complexity index is 2630. The van der Waals surface area contributed by atoms with Gasteiger partial charge in [0.25, 0.3) is 0 Å². The molecule has 51 heavy (non-hydrogen) atoms. The van der Waals surface area contributed by atoms with E-state index in [0.29, 0.717) is 33.4 Å². The number of fused-ring (bicyclic) bond motifs is 5. The highest BCUT2D eigenvalue weighted by atomic mass is 35.5. The maximum absolute atomic E-state index is 15.0. The van der Waals surface area contributed by atoms with E-state index >= 15 is 0 Å². The predicted molar refractivity (Wildman–Crippen MR) is 195 cm³/mol.